The van der Waals surface area contributed by atoms with Gasteiger partial charge in [0.1, 0.15) is 6.04 Å². The first-order valence-electron chi connectivity index (χ1n) is 6.35. The Balaban J connectivity index is 2.45. The number of esters is 1. The molecule has 1 aromatic carbocycles. The van der Waals surface area contributed by atoms with Gasteiger partial charge in [0.05, 0.1) is 7.11 Å². The van der Waals surface area contributed by atoms with Crippen LogP contribution in [0, 0.1) is 0 Å². The van der Waals surface area contributed by atoms with E-state index in [1.807, 2.05) is 0 Å². The maximum absolute atomic E-state index is 11.1. The SMILES string of the molecule is COC(=O)C(N)CSCc1ccc(C(C)(C)C)cc1. The first kappa shape index (κ1) is 16.1. The molecule has 2 N–H and O–H groups in total. The number of nitrogens with two attached hydrogens (primary N) is 1. The van der Waals surface area contributed by atoms with Crippen molar-refractivity contribution in [2.45, 2.75) is 38.0 Å². The van der Waals surface area contributed by atoms with Crippen molar-refractivity contribution in [2.24, 2.45) is 5.73 Å². The van der Waals surface area contributed by atoms with Crippen molar-refractivity contribution < 1.29 is 9.53 Å². The van der Waals surface area contributed by atoms with Crippen molar-refractivity contribution in [3.05, 3.63) is 35.4 Å². The molecule has 3 nitrogen and oxygen atoms in total. The van der Waals surface area contributed by atoms with Crippen LogP contribution in [0.3, 0.4) is 0 Å². The van der Waals surface area contributed by atoms with Crippen LogP contribution < -0.4 is 5.73 Å². The average Bonchev–Trinajstić information content (AvgIpc) is 2.37. The minimum Gasteiger partial charge on any atom is -0.468 e. The number of methoxy groups -OCH3 is 1. The second-order valence-corrected chi connectivity index (χ2v) is 6.62. The summed E-state index contributed by atoms with van der Waals surface area (Å²) in [6.07, 6.45) is 0. The van der Waals surface area contributed by atoms with E-state index in [2.05, 4.69) is 49.8 Å². The van der Waals surface area contributed by atoms with Crippen molar-refractivity contribution in [3.8, 4) is 0 Å². The molecule has 0 bridgehead atoms. The molecule has 1 unspecified atom stereocenters. The Kier molecular flexibility index (Phi) is 5.88. The molecule has 1 atom stereocenters. The summed E-state index contributed by atoms with van der Waals surface area (Å²) in [7, 11) is 1.36. The van der Waals surface area contributed by atoms with E-state index in [1.54, 1.807) is 11.8 Å². The fourth-order valence-corrected chi connectivity index (χ4v) is 2.56. The molecule has 1 rings (SSSR count). The average molecular weight is 281 g/mol. The third kappa shape index (κ3) is 5.25. The third-order valence-electron chi connectivity index (χ3n) is 2.89. The van der Waals surface area contributed by atoms with Gasteiger partial charge in [-0.3, -0.25) is 4.79 Å². The van der Waals surface area contributed by atoms with Gasteiger partial charge in [0.15, 0.2) is 0 Å². The molecule has 0 aliphatic carbocycles. The van der Waals surface area contributed by atoms with Crippen molar-refractivity contribution in [1.82, 2.24) is 0 Å². The van der Waals surface area contributed by atoms with E-state index in [9.17, 15) is 4.79 Å². The lowest BCUT2D eigenvalue weighted by molar-refractivity contribution is -0.141. The number of carbonyl (C=O) groups excluding carboxylic acids is 1. The van der Waals surface area contributed by atoms with Crippen molar-refractivity contribution in [2.75, 3.05) is 12.9 Å². The van der Waals surface area contributed by atoms with Gasteiger partial charge in [0.25, 0.3) is 0 Å². The van der Waals surface area contributed by atoms with Gasteiger partial charge in [-0.2, -0.15) is 11.8 Å². The maximum atomic E-state index is 11.1. The van der Waals surface area contributed by atoms with E-state index in [1.165, 1.54) is 18.2 Å². The first-order valence-corrected chi connectivity index (χ1v) is 7.50. The lowest BCUT2D eigenvalue weighted by Crippen LogP contribution is -2.33. The predicted molar refractivity (Wildman–Crippen MR) is 81.3 cm³/mol. The highest BCUT2D eigenvalue weighted by Gasteiger charge is 2.14. The summed E-state index contributed by atoms with van der Waals surface area (Å²) < 4.78 is 4.59. The van der Waals surface area contributed by atoms with Gasteiger partial charge in [0, 0.05) is 11.5 Å². The van der Waals surface area contributed by atoms with Crippen LogP contribution in [0.5, 0.6) is 0 Å². The lowest BCUT2D eigenvalue weighted by atomic mass is 9.87. The van der Waals surface area contributed by atoms with E-state index in [0.29, 0.717) is 5.75 Å². The minimum atomic E-state index is -0.538. The summed E-state index contributed by atoms with van der Waals surface area (Å²) in [5.41, 5.74) is 8.43. The molecule has 0 radical (unpaired) electrons. The number of ether oxygens (including phenoxy) is 1. The molecule has 0 aliphatic heterocycles. The van der Waals surface area contributed by atoms with Gasteiger partial charge in [-0.1, -0.05) is 45.0 Å². The summed E-state index contributed by atoms with van der Waals surface area (Å²) in [4.78, 5) is 11.1. The third-order valence-corrected chi connectivity index (χ3v) is 4.02. The second-order valence-electron chi connectivity index (χ2n) is 5.59. The highest BCUT2D eigenvalue weighted by molar-refractivity contribution is 7.98. The van der Waals surface area contributed by atoms with E-state index >= 15 is 0 Å². The summed E-state index contributed by atoms with van der Waals surface area (Å²) in [5.74, 6) is 1.08. The fourth-order valence-electron chi connectivity index (χ4n) is 1.62. The second kappa shape index (κ2) is 6.96. The van der Waals surface area contributed by atoms with Crippen LogP contribution in [0.15, 0.2) is 24.3 Å². The van der Waals surface area contributed by atoms with Crippen LogP contribution in [-0.2, 0) is 20.7 Å². The molecule has 1 aromatic rings. The van der Waals surface area contributed by atoms with Gasteiger partial charge in [-0.25, -0.2) is 0 Å². The van der Waals surface area contributed by atoms with Gasteiger partial charge < -0.3 is 10.5 Å². The highest BCUT2D eigenvalue weighted by Crippen LogP contribution is 2.23. The Bertz CT molecular complexity index is 409. The highest BCUT2D eigenvalue weighted by atomic mass is 32.2. The van der Waals surface area contributed by atoms with Crippen molar-refractivity contribution in [3.63, 3.8) is 0 Å². The van der Waals surface area contributed by atoms with Gasteiger partial charge in [-0.15, -0.1) is 0 Å². The molecule has 0 fully saturated rings. The minimum absolute atomic E-state index is 0.179. The summed E-state index contributed by atoms with van der Waals surface area (Å²) >= 11 is 1.65. The molecular weight excluding hydrogens is 258 g/mol. The number of benzene rings is 1. The zero-order valence-electron chi connectivity index (χ0n) is 12.1. The van der Waals surface area contributed by atoms with Crippen molar-refractivity contribution >= 4 is 17.7 Å². The molecule has 19 heavy (non-hydrogen) atoms. The number of hydrogen-bond donors (Lipinski definition) is 1. The molecular formula is C15H23NO2S. The van der Waals surface area contributed by atoms with E-state index in [-0.39, 0.29) is 11.4 Å². The van der Waals surface area contributed by atoms with Crippen LogP contribution in [0.4, 0.5) is 0 Å². The molecule has 0 heterocycles. The summed E-state index contributed by atoms with van der Waals surface area (Å²) in [5, 5.41) is 0. The Hall–Kier alpha value is -1.00. The largest absolute Gasteiger partial charge is 0.468 e. The normalized spacial score (nSPS) is 13.1. The predicted octanol–water partition coefficient (Wildman–Crippen LogP) is 2.72. The standard InChI is InChI=1S/C15H23NO2S/c1-15(2,3)12-7-5-11(6-8-12)9-19-10-13(16)14(17)18-4/h5-8,13H,9-10,16H2,1-4H3. The molecule has 0 saturated heterocycles. The Labute approximate surface area is 119 Å². The topological polar surface area (TPSA) is 52.3 Å². The Morgan fingerprint density at radius 2 is 1.89 bits per heavy atom. The van der Waals surface area contributed by atoms with E-state index in [0.717, 1.165) is 5.75 Å². The van der Waals surface area contributed by atoms with Crippen molar-refractivity contribution in [1.29, 1.82) is 0 Å². The number of carbonyl (C=O) groups is 1. The zero-order chi connectivity index (χ0) is 14.5. The number of rotatable bonds is 5. The lowest BCUT2D eigenvalue weighted by Gasteiger charge is -2.19. The number of thioether (sulfide) groups is 1. The summed E-state index contributed by atoms with van der Waals surface area (Å²) in [6, 6.07) is 8.06. The van der Waals surface area contributed by atoms with Crippen LogP contribution in [0.1, 0.15) is 31.9 Å². The number of hydrogen-bond acceptors (Lipinski definition) is 4. The van der Waals surface area contributed by atoms with Crippen LogP contribution >= 0.6 is 11.8 Å². The van der Waals surface area contributed by atoms with Gasteiger partial charge in [0.2, 0.25) is 0 Å². The summed E-state index contributed by atoms with van der Waals surface area (Å²) in [6.45, 7) is 6.60. The van der Waals surface area contributed by atoms with Gasteiger partial charge >= 0.3 is 5.97 Å². The fraction of sp³-hybridized carbons (Fsp3) is 0.533. The van der Waals surface area contributed by atoms with Crippen LogP contribution in [0.2, 0.25) is 0 Å². The quantitative estimate of drug-likeness (QED) is 0.843. The van der Waals surface area contributed by atoms with E-state index in [4.69, 9.17) is 5.73 Å². The smallest absolute Gasteiger partial charge is 0.323 e. The van der Waals surface area contributed by atoms with Crippen LogP contribution in [-0.4, -0.2) is 24.9 Å². The first-order chi connectivity index (χ1) is 8.84. The monoisotopic (exact) mass is 281 g/mol. The molecule has 0 spiro atoms. The molecule has 0 aliphatic rings. The Morgan fingerprint density at radius 1 is 1.32 bits per heavy atom. The van der Waals surface area contributed by atoms with Crippen LogP contribution in [0.25, 0.3) is 0 Å². The van der Waals surface area contributed by atoms with Gasteiger partial charge in [-0.05, 0) is 16.5 Å². The zero-order valence-corrected chi connectivity index (χ0v) is 12.9. The molecule has 4 heteroatoms. The molecule has 106 valence electrons. The Morgan fingerprint density at radius 3 is 2.37 bits per heavy atom. The maximum Gasteiger partial charge on any atom is 0.323 e. The molecule has 0 aromatic heterocycles. The molecule has 0 amide bonds. The molecule has 0 saturated carbocycles. The van der Waals surface area contributed by atoms with E-state index < -0.39 is 6.04 Å².